The van der Waals surface area contributed by atoms with Crippen LogP contribution in [0.1, 0.15) is 23.7 Å². The number of carbonyl (C=O) groups excluding carboxylic acids is 1. The lowest BCUT2D eigenvalue weighted by molar-refractivity contribution is -0.120. The van der Waals surface area contributed by atoms with Gasteiger partial charge in [0.2, 0.25) is 5.91 Å². The quantitative estimate of drug-likeness (QED) is 0.505. The molecule has 0 radical (unpaired) electrons. The van der Waals surface area contributed by atoms with E-state index < -0.39 is 23.4 Å². The van der Waals surface area contributed by atoms with Crippen molar-refractivity contribution in [3.05, 3.63) is 59.0 Å². The number of fused-ring (bicyclic) bond motifs is 1. The molecular formula is C24H28F2N6O3. The first-order chi connectivity index (χ1) is 16.7. The van der Waals surface area contributed by atoms with Gasteiger partial charge < -0.3 is 25.0 Å². The van der Waals surface area contributed by atoms with Gasteiger partial charge in [0, 0.05) is 38.5 Å². The van der Waals surface area contributed by atoms with E-state index in [0.717, 1.165) is 11.3 Å². The van der Waals surface area contributed by atoms with E-state index in [-0.39, 0.29) is 18.6 Å². The van der Waals surface area contributed by atoms with Crippen LogP contribution in [0.2, 0.25) is 0 Å². The van der Waals surface area contributed by atoms with Crippen molar-refractivity contribution in [1.82, 2.24) is 14.8 Å². The molecule has 186 valence electrons. The zero-order valence-electron chi connectivity index (χ0n) is 20.2. The Labute approximate surface area is 202 Å². The van der Waals surface area contributed by atoms with Crippen LogP contribution in [0.25, 0.3) is 0 Å². The van der Waals surface area contributed by atoms with Crippen LogP contribution in [0.4, 0.5) is 26.0 Å². The minimum absolute atomic E-state index is 0.135. The first-order valence-corrected chi connectivity index (χ1v) is 11.1. The third-order valence-electron chi connectivity index (χ3n) is 6.08. The molecule has 3 aromatic rings. The molecular weight excluding hydrogens is 458 g/mol. The maximum absolute atomic E-state index is 14.0. The van der Waals surface area contributed by atoms with Gasteiger partial charge in [-0.1, -0.05) is 0 Å². The molecule has 4 rings (SSSR count). The average molecular weight is 487 g/mol. The smallest absolute Gasteiger partial charge is 0.249 e. The maximum atomic E-state index is 14.0. The first-order valence-electron chi connectivity index (χ1n) is 11.1. The molecule has 1 amide bonds. The Balaban J connectivity index is 1.46. The SMILES string of the molecule is COc1c(F)cc(Cn2cc(CNc3cc4c(c(C)n3)NC(=O)[C@H]([C@@H](C)OC)N4C)cn2)cc1F. The first kappa shape index (κ1) is 24.4. The molecule has 0 saturated carbocycles. The number of pyridine rings is 1. The lowest BCUT2D eigenvalue weighted by Gasteiger charge is -2.38. The van der Waals surface area contributed by atoms with Crippen LogP contribution in [-0.2, 0) is 22.6 Å². The summed E-state index contributed by atoms with van der Waals surface area (Å²) in [5, 5.41) is 10.5. The largest absolute Gasteiger partial charge is 0.491 e. The molecule has 35 heavy (non-hydrogen) atoms. The molecule has 2 N–H and O–H groups in total. The number of halogens is 2. The number of ether oxygens (including phenoxy) is 2. The topological polar surface area (TPSA) is 93.5 Å². The fourth-order valence-electron chi connectivity index (χ4n) is 4.22. The van der Waals surface area contributed by atoms with E-state index in [0.29, 0.717) is 29.3 Å². The summed E-state index contributed by atoms with van der Waals surface area (Å²) in [5.74, 6) is -1.41. The number of nitrogens with one attached hydrogen (secondary N) is 2. The Morgan fingerprint density at radius 2 is 1.91 bits per heavy atom. The van der Waals surface area contributed by atoms with Gasteiger partial charge in [-0.25, -0.2) is 13.8 Å². The fraction of sp³-hybridized carbons (Fsp3) is 0.375. The molecule has 1 aromatic carbocycles. The van der Waals surface area contributed by atoms with E-state index in [1.165, 1.54) is 19.2 Å². The molecule has 0 bridgehead atoms. The number of aryl methyl sites for hydroxylation is 1. The number of aromatic nitrogens is 3. The summed E-state index contributed by atoms with van der Waals surface area (Å²) in [6, 6.07) is 3.88. The highest BCUT2D eigenvalue weighted by atomic mass is 19.1. The van der Waals surface area contributed by atoms with E-state index in [2.05, 4.69) is 20.7 Å². The summed E-state index contributed by atoms with van der Waals surface area (Å²) in [7, 11) is 4.66. The third-order valence-corrected chi connectivity index (χ3v) is 6.08. The summed E-state index contributed by atoms with van der Waals surface area (Å²) in [5.41, 5.74) is 3.50. The molecule has 11 heteroatoms. The predicted molar refractivity (Wildman–Crippen MR) is 128 cm³/mol. The second-order valence-electron chi connectivity index (χ2n) is 8.47. The monoisotopic (exact) mass is 486 g/mol. The number of methoxy groups -OCH3 is 2. The van der Waals surface area contributed by atoms with Gasteiger partial charge in [-0.2, -0.15) is 5.10 Å². The standard InChI is InChI=1S/C24H28F2N6O3/c1-13-21-19(31(3)22(14(2)34-4)24(33)30-21)8-20(29-13)27-9-16-10-28-32(12-16)11-15-6-17(25)23(35-5)18(26)7-15/h6-8,10,12,14,22H,9,11H2,1-5H3,(H,27,29)(H,30,33)/t14-,22+/m1/s1. The highest BCUT2D eigenvalue weighted by Gasteiger charge is 2.36. The Morgan fingerprint density at radius 3 is 2.57 bits per heavy atom. The average Bonchev–Trinajstić information content (AvgIpc) is 3.25. The molecule has 0 unspecified atom stereocenters. The molecule has 2 aromatic heterocycles. The summed E-state index contributed by atoms with van der Waals surface area (Å²) in [6.45, 7) is 4.33. The van der Waals surface area contributed by atoms with Crippen LogP contribution in [-0.4, -0.2) is 54.1 Å². The van der Waals surface area contributed by atoms with Gasteiger partial charge in [-0.05, 0) is 31.5 Å². The second kappa shape index (κ2) is 9.87. The number of rotatable bonds is 8. The maximum Gasteiger partial charge on any atom is 0.249 e. The number of amides is 1. The molecule has 2 atom stereocenters. The summed E-state index contributed by atoms with van der Waals surface area (Å²) in [4.78, 5) is 19.0. The van der Waals surface area contributed by atoms with Gasteiger partial charge in [0.15, 0.2) is 17.4 Å². The van der Waals surface area contributed by atoms with Crippen LogP contribution >= 0.6 is 0 Å². The van der Waals surface area contributed by atoms with Crippen LogP contribution in [0.15, 0.2) is 30.6 Å². The number of hydrogen-bond donors (Lipinski definition) is 2. The molecule has 3 heterocycles. The number of carbonyl (C=O) groups is 1. The van der Waals surface area contributed by atoms with Gasteiger partial charge >= 0.3 is 0 Å². The molecule has 0 saturated heterocycles. The highest BCUT2D eigenvalue weighted by molar-refractivity contribution is 6.04. The summed E-state index contributed by atoms with van der Waals surface area (Å²) >= 11 is 0. The zero-order valence-corrected chi connectivity index (χ0v) is 20.2. The minimum atomic E-state index is -0.756. The van der Waals surface area contributed by atoms with E-state index in [4.69, 9.17) is 9.47 Å². The number of benzene rings is 1. The third kappa shape index (κ3) is 4.90. The molecule has 1 aliphatic rings. The summed E-state index contributed by atoms with van der Waals surface area (Å²) in [6.07, 6.45) is 3.18. The Morgan fingerprint density at radius 1 is 1.20 bits per heavy atom. The Kier molecular flexibility index (Phi) is 6.88. The van der Waals surface area contributed by atoms with Crippen molar-refractivity contribution in [2.24, 2.45) is 0 Å². The van der Waals surface area contributed by atoms with Crippen molar-refractivity contribution in [3.63, 3.8) is 0 Å². The molecule has 0 fully saturated rings. The number of nitrogens with zero attached hydrogens (tertiary/aromatic N) is 4. The lowest BCUT2D eigenvalue weighted by atomic mass is 10.0. The normalized spacial score (nSPS) is 16.0. The van der Waals surface area contributed by atoms with Gasteiger partial charge in [-0.15, -0.1) is 0 Å². The van der Waals surface area contributed by atoms with Crippen molar-refractivity contribution in [1.29, 1.82) is 0 Å². The van der Waals surface area contributed by atoms with Gasteiger partial charge in [-0.3, -0.25) is 9.48 Å². The van der Waals surface area contributed by atoms with Gasteiger partial charge in [0.25, 0.3) is 0 Å². The van der Waals surface area contributed by atoms with E-state index in [1.807, 2.05) is 31.9 Å². The van der Waals surface area contributed by atoms with Gasteiger partial charge in [0.05, 0.1) is 43.0 Å². The van der Waals surface area contributed by atoms with Crippen LogP contribution in [0.5, 0.6) is 5.75 Å². The minimum Gasteiger partial charge on any atom is -0.491 e. The summed E-state index contributed by atoms with van der Waals surface area (Å²) < 4.78 is 39.7. The van der Waals surface area contributed by atoms with E-state index >= 15 is 0 Å². The van der Waals surface area contributed by atoms with E-state index in [9.17, 15) is 13.6 Å². The molecule has 0 spiro atoms. The van der Waals surface area contributed by atoms with Crippen molar-refractivity contribution in [2.75, 3.05) is 36.8 Å². The fourth-order valence-corrected chi connectivity index (χ4v) is 4.22. The molecule has 1 aliphatic heterocycles. The Hall–Kier alpha value is -3.73. The molecule has 0 aliphatic carbocycles. The number of hydrogen-bond acceptors (Lipinski definition) is 7. The van der Waals surface area contributed by atoms with E-state index in [1.54, 1.807) is 24.2 Å². The van der Waals surface area contributed by atoms with Crippen LogP contribution in [0, 0.1) is 18.6 Å². The van der Waals surface area contributed by atoms with Crippen molar-refractivity contribution >= 4 is 23.1 Å². The second-order valence-corrected chi connectivity index (χ2v) is 8.47. The molecule has 9 nitrogen and oxygen atoms in total. The Bertz CT molecular complexity index is 1220. The van der Waals surface area contributed by atoms with Gasteiger partial charge in [0.1, 0.15) is 11.9 Å². The van der Waals surface area contributed by atoms with Crippen LogP contribution in [0.3, 0.4) is 0 Å². The predicted octanol–water partition coefficient (Wildman–Crippen LogP) is 3.33. The van der Waals surface area contributed by atoms with Crippen molar-refractivity contribution in [2.45, 2.75) is 39.1 Å². The number of likely N-dealkylation sites (N-methyl/N-ethyl adjacent to an activating group) is 1. The van der Waals surface area contributed by atoms with Crippen LogP contribution < -0.4 is 20.3 Å². The zero-order chi connectivity index (χ0) is 25.3. The van der Waals surface area contributed by atoms with Crippen molar-refractivity contribution in [3.8, 4) is 5.75 Å². The van der Waals surface area contributed by atoms with Crippen molar-refractivity contribution < 1.29 is 23.0 Å². The number of anilines is 3. The highest BCUT2D eigenvalue weighted by Crippen LogP contribution is 2.36. The lowest BCUT2D eigenvalue weighted by Crippen LogP contribution is -2.52.